The van der Waals surface area contributed by atoms with Gasteiger partial charge in [0.25, 0.3) is 0 Å². The quantitative estimate of drug-likeness (QED) is 0.592. The van der Waals surface area contributed by atoms with E-state index in [1.165, 1.54) is 4.70 Å². The maximum absolute atomic E-state index is 13.5. The van der Waals surface area contributed by atoms with Crippen molar-refractivity contribution in [3.63, 3.8) is 0 Å². The number of urea groups is 1. The number of thiazole rings is 1. The predicted octanol–water partition coefficient (Wildman–Crippen LogP) is 5.29. The molecule has 0 bridgehead atoms. The SMILES string of the molecule is O=C(Nc1ccccc1)N1CCC(C(=O)N2CCCC[C@@H]2c2nc3ccccc3s2)CC1. The lowest BCUT2D eigenvalue weighted by atomic mass is 9.92. The summed E-state index contributed by atoms with van der Waals surface area (Å²) >= 11 is 1.71. The number of likely N-dealkylation sites (tertiary alicyclic amines) is 2. The Morgan fingerprint density at radius 1 is 0.906 bits per heavy atom. The smallest absolute Gasteiger partial charge is 0.321 e. The molecule has 0 aliphatic carbocycles. The zero-order valence-corrected chi connectivity index (χ0v) is 18.9. The van der Waals surface area contributed by atoms with Gasteiger partial charge in [0.05, 0.1) is 16.3 Å². The fourth-order valence-corrected chi connectivity index (χ4v) is 5.89. The Hall–Kier alpha value is -2.93. The molecule has 0 radical (unpaired) electrons. The second-order valence-electron chi connectivity index (χ2n) is 8.62. The lowest BCUT2D eigenvalue weighted by Gasteiger charge is -2.39. The number of nitrogens with one attached hydrogen (secondary N) is 1. The first-order valence-corrected chi connectivity index (χ1v) is 12.3. The molecule has 2 aromatic carbocycles. The number of fused-ring (bicyclic) bond motifs is 1. The van der Waals surface area contributed by atoms with Crippen LogP contribution < -0.4 is 5.32 Å². The Labute approximate surface area is 192 Å². The lowest BCUT2D eigenvalue weighted by Crippen LogP contribution is -2.47. The Morgan fingerprint density at radius 2 is 1.66 bits per heavy atom. The maximum Gasteiger partial charge on any atom is 0.321 e. The van der Waals surface area contributed by atoms with E-state index in [0.29, 0.717) is 25.9 Å². The first-order chi connectivity index (χ1) is 15.7. The minimum absolute atomic E-state index is 0.0225. The van der Waals surface area contributed by atoms with Gasteiger partial charge in [-0.05, 0) is 56.4 Å². The van der Waals surface area contributed by atoms with Crippen LogP contribution in [0, 0.1) is 5.92 Å². The van der Waals surface area contributed by atoms with Crippen LogP contribution in [0.3, 0.4) is 0 Å². The molecule has 2 fully saturated rings. The summed E-state index contributed by atoms with van der Waals surface area (Å²) in [7, 11) is 0. The lowest BCUT2D eigenvalue weighted by molar-refractivity contribution is -0.140. The summed E-state index contributed by atoms with van der Waals surface area (Å²) in [6.45, 7) is 2.01. The van der Waals surface area contributed by atoms with Crippen molar-refractivity contribution in [3.8, 4) is 0 Å². The topological polar surface area (TPSA) is 65.5 Å². The molecule has 1 atom stereocenters. The van der Waals surface area contributed by atoms with Crippen LogP contribution in [0.15, 0.2) is 54.6 Å². The molecule has 1 aromatic heterocycles. The molecule has 0 unspecified atom stereocenters. The van der Waals surface area contributed by atoms with Crippen molar-refractivity contribution in [2.24, 2.45) is 5.92 Å². The van der Waals surface area contributed by atoms with Crippen molar-refractivity contribution < 1.29 is 9.59 Å². The Balaban J connectivity index is 1.23. The molecule has 5 rings (SSSR count). The van der Waals surface area contributed by atoms with Gasteiger partial charge in [0.2, 0.25) is 5.91 Å². The average Bonchev–Trinajstić information content (AvgIpc) is 3.28. The van der Waals surface area contributed by atoms with Crippen molar-refractivity contribution in [3.05, 3.63) is 59.6 Å². The van der Waals surface area contributed by atoms with Gasteiger partial charge < -0.3 is 15.1 Å². The molecule has 3 heterocycles. The third kappa shape index (κ3) is 4.35. The number of hydrogen-bond acceptors (Lipinski definition) is 4. The zero-order valence-electron chi connectivity index (χ0n) is 18.1. The molecule has 166 valence electrons. The molecule has 2 aliphatic rings. The van der Waals surface area contributed by atoms with E-state index in [2.05, 4.69) is 16.3 Å². The van der Waals surface area contributed by atoms with Crippen LogP contribution in [0.25, 0.3) is 10.2 Å². The molecular formula is C25H28N4O2S. The summed E-state index contributed by atoms with van der Waals surface area (Å²) in [5, 5.41) is 4.00. The zero-order chi connectivity index (χ0) is 21.9. The number of rotatable bonds is 3. The first kappa shape index (κ1) is 20.9. The highest BCUT2D eigenvalue weighted by Gasteiger charge is 2.36. The van der Waals surface area contributed by atoms with Crippen LogP contribution in [0.5, 0.6) is 0 Å². The molecule has 3 aromatic rings. The van der Waals surface area contributed by atoms with Gasteiger partial charge in [-0.1, -0.05) is 30.3 Å². The fourth-order valence-electron chi connectivity index (χ4n) is 4.77. The maximum atomic E-state index is 13.5. The van der Waals surface area contributed by atoms with Gasteiger partial charge in [-0.15, -0.1) is 11.3 Å². The third-order valence-corrected chi connectivity index (χ3v) is 7.68. The molecule has 2 saturated heterocycles. The van der Waals surface area contributed by atoms with Crippen LogP contribution in [0.4, 0.5) is 10.5 Å². The predicted molar refractivity (Wildman–Crippen MR) is 128 cm³/mol. The number of nitrogens with zero attached hydrogens (tertiary/aromatic N) is 3. The van der Waals surface area contributed by atoms with Gasteiger partial charge in [-0.25, -0.2) is 9.78 Å². The van der Waals surface area contributed by atoms with E-state index >= 15 is 0 Å². The monoisotopic (exact) mass is 448 g/mol. The number of hydrogen-bond donors (Lipinski definition) is 1. The average molecular weight is 449 g/mol. The van der Waals surface area contributed by atoms with Crippen LogP contribution in [0.1, 0.15) is 43.2 Å². The largest absolute Gasteiger partial charge is 0.333 e. The summed E-state index contributed by atoms with van der Waals surface area (Å²) in [5.41, 5.74) is 1.81. The van der Waals surface area contributed by atoms with E-state index in [0.717, 1.165) is 42.0 Å². The van der Waals surface area contributed by atoms with Gasteiger partial charge in [-0.2, -0.15) is 0 Å². The summed E-state index contributed by atoms with van der Waals surface area (Å²) in [4.78, 5) is 34.8. The van der Waals surface area contributed by atoms with Crippen LogP contribution >= 0.6 is 11.3 Å². The summed E-state index contributed by atoms with van der Waals surface area (Å²) < 4.78 is 1.18. The van der Waals surface area contributed by atoms with Crippen molar-refractivity contribution in [2.75, 3.05) is 25.0 Å². The second-order valence-corrected chi connectivity index (χ2v) is 9.68. The first-order valence-electron chi connectivity index (χ1n) is 11.5. The number of anilines is 1. The number of carbonyl (C=O) groups is 2. The fraction of sp³-hybridized carbons (Fsp3) is 0.400. The second kappa shape index (κ2) is 9.28. The Bertz CT molecular complexity index is 1060. The molecule has 32 heavy (non-hydrogen) atoms. The summed E-state index contributed by atoms with van der Waals surface area (Å²) in [6, 6.07) is 17.7. The molecular weight excluding hydrogens is 420 g/mol. The van der Waals surface area contributed by atoms with Gasteiger partial charge in [-0.3, -0.25) is 4.79 Å². The minimum Gasteiger partial charge on any atom is -0.333 e. The highest BCUT2D eigenvalue weighted by molar-refractivity contribution is 7.18. The highest BCUT2D eigenvalue weighted by atomic mass is 32.1. The molecule has 0 saturated carbocycles. The number of benzene rings is 2. The Kier molecular flexibility index (Phi) is 6.08. The van der Waals surface area contributed by atoms with E-state index in [9.17, 15) is 9.59 Å². The number of para-hydroxylation sites is 2. The third-order valence-electron chi connectivity index (χ3n) is 6.54. The molecule has 1 N–H and O–H groups in total. The van der Waals surface area contributed by atoms with Crippen molar-refractivity contribution >= 4 is 39.2 Å². The molecule has 7 heteroatoms. The molecule has 6 nitrogen and oxygen atoms in total. The van der Waals surface area contributed by atoms with Crippen LogP contribution in [-0.4, -0.2) is 46.4 Å². The standard InChI is InChI=1S/C25H28N4O2S/c30-24(18-13-16-28(17-14-18)25(31)26-19-8-2-1-3-9-19)29-15-7-6-11-21(29)23-27-20-10-4-5-12-22(20)32-23/h1-5,8-10,12,18,21H,6-7,11,13-17H2,(H,26,31)/t21-/m1/s1. The normalized spacial score (nSPS) is 19.8. The minimum atomic E-state index is -0.0903. The highest BCUT2D eigenvalue weighted by Crippen LogP contribution is 2.37. The van der Waals surface area contributed by atoms with E-state index < -0.39 is 0 Å². The van der Waals surface area contributed by atoms with Crippen molar-refractivity contribution in [1.29, 1.82) is 0 Å². The Morgan fingerprint density at radius 3 is 2.44 bits per heavy atom. The van der Waals surface area contributed by atoms with E-state index in [1.807, 2.05) is 53.4 Å². The molecule has 3 amide bonds. The number of piperidine rings is 2. The number of carbonyl (C=O) groups excluding carboxylic acids is 2. The van der Waals surface area contributed by atoms with Gasteiger partial charge in [0, 0.05) is 31.2 Å². The van der Waals surface area contributed by atoms with Gasteiger partial charge in [0.1, 0.15) is 5.01 Å². The summed E-state index contributed by atoms with van der Waals surface area (Å²) in [5.74, 6) is 0.211. The van der Waals surface area contributed by atoms with Gasteiger partial charge in [0.15, 0.2) is 0 Å². The van der Waals surface area contributed by atoms with Crippen LogP contribution in [-0.2, 0) is 4.79 Å². The van der Waals surface area contributed by atoms with E-state index in [-0.39, 0.29) is 23.9 Å². The van der Waals surface area contributed by atoms with E-state index in [1.54, 1.807) is 11.3 Å². The number of amides is 3. The number of aromatic nitrogens is 1. The summed E-state index contributed by atoms with van der Waals surface area (Å²) in [6.07, 6.45) is 4.58. The molecule has 2 aliphatic heterocycles. The van der Waals surface area contributed by atoms with Gasteiger partial charge >= 0.3 is 6.03 Å². The van der Waals surface area contributed by atoms with Crippen LogP contribution in [0.2, 0.25) is 0 Å². The van der Waals surface area contributed by atoms with E-state index in [4.69, 9.17) is 4.98 Å². The van der Waals surface area contributed by atoms with Crippen molar-refractivity contribution in [1.82, 2.24) is 14.8 Å². The molecule has 0 spiro atoms. The van der Waals surface area contributed by atoms with Crippen molar-refractivity contribution in [2.45, 2.75) is 38.1 Å².